The fourth-order valence-corrected chi connectivity index (χ4v) is 2.79. The van der Waals surface area contributed by atoms with Gasteiger partial charge < -0.3 is 9.47 Å². The summed E-state index contributed by atoms with van der Waals surface area (Å²) in [6.45, 7) is 3.44. The van der Waals surface area contributed by atoms with Crippen molar-refractivity contribution in [3.63, 3.8) is 0 Å². The van der Waals surface area contributed by atoms with Crippen molar-refractivity contribution in [2.75, 3.05) is 14.2 Å². The summed E-state index contributed by atoms with van der Waals surface area (Å²) in [4.78, 5) is 36.2. The molecule has 20 heavy (non-hydrogen) atoms. The lowest BCUT2D eigenvalue weighted by Gasteiger charge is -2.36. The maximum atomic E-state index is 12.2. The Kier molecular flexibility index (Phi) is 5.71. The molecule has 1 aliphatic carbocycles. The van der Waals surface area contributed by atoms with Gasteiger partial charge in [0.2, 0.25) is 0 Å². The second-order valence-electron chi connectivity index (χ2n) is 4.90. The second kappa shape index (κ2) is 7.06. The van der Waals surface area contributed by atoms with E-state index in [1.54, 1.807) is 0 Å². The largest absolute Gasteiger partial charge is 0.468 e. The molecule has 0 radical (unpaired) electrons. The van der Waals surface area contributed by atoms with Crippen LogP contribution in [0.1, 0.15) is 32.1 Å². The summed E-state index contributed by atoms with van der Waals surface area (Å²) in [5.74, 6) is -1.69. The molecule has 0 amide bonds. The molecule has 0 aromatic carbocycles. The van der Waals surface area contributed by atoms with Crippen LogP contribution in [-0.4, -0.2) is 31.9 Å². The average Bonchev–Trinajstić information content (AvgIpc) is 2.47. The van der Waals surface area contributed by atoms with Crippen LogP contribution in [0.3, 0.4) is 0 Å². The second-order valence-corrected chi connectivity index (χ2v) is 4.90. The summed E-state index contributed by atoms with van der Waals surface area (Å²) < 4.78 is 9.61. The quantitative estimate of drug-likeness (QED) is 0.436. The topological polar surface area (TPSA) is 69.7 Å². The van der Waals surface area contributed by atoms with Crippen LogP contribution in [-0.2, 0) is 23.9 Å². The zero-order valence-corrected chi connectivity index (χ0v) is 11.9. The van der Waals surface area contributed by atoms with Crippen LogP contribution in [0.25, 0.3) is 0 Å². The smallest absolute Gasteiger partial charge is 0.323 e. The Morgan fingerprint density at radius 3 is 2.45 bits per heavy atom. The first-order valence-electron chi connectivity index (χ1n) is 6.55. The van der Waals surface area contributed by atoms with Crippen molar-refractivity contribution < 1.29 is 23.9 Å². The van der Waals surface area contributed by atoms with Crippen LogP contribution >= 0.6 is 0 Å². The van der Waals surface area contributed by atoms with Gasteiger partial charge in [-0.2, -0.15) is 0 Å². The summed E-state index contributed by atoms with van der Waals surface area (Å²) in [7, 11) is 2.45. The van der Waals surface area contributed by atoms with Gasteiger partial charge in [0.25, 0.3) is 0 Å². The molecule has 0 bridgehead atoms. The molecule has 5 heteroatoms. The highest BCUT2D eigenvalue weighted by Gasteiger charge is 2.54. The number of hydrogen-bond acceptors (Lipinski definition) is 5. The molecule has 5 nitrogen and oxygen atoms in total. The normalized spacial score (nSPS) is 18.9. The molecule has 0 aromatic rings. The molecule has 0 saturated heterocycles. The Hall–Kier alpha value is -1.87. The first kappa shape index (κ1) is 16.2. The highest BCUT2D eigenvalue weighted by atomic mass is 16.5. The first-order valence-corrected chi connectivity index (χ1v) is 6.55. The van der Waals surface area contributed by atoms with E-state index < -0.39 is 23.3 Å². The van der Waals surface area contributed by atoms with Gasteiger partial charge in [-0.15, -0.1) is 5.73 Å². The van der Waals surface area contributed by atoms with Gasteiger partial charge in [0.05, 0.1) is 14.2 Å². The molecule has 0 spiro atoms. The number of carbonyl (C=O) groups is 3. The number of ether oxygens (including phenoxy) is 2. The third-order valence-corrected chi connectivity index (χ3v) is 3.85. The minimum Gasteiger partial charge on any atom is -0.468 e. The van der Waals surface area contributed by atoms with Crippen molar-refractivity contribution in [2.45, 2.75) is 32.1 Å². The van der Waals surface area contributed by atoms with E-state index in [0.29, 0.717) is 19.3 Å². The van der Waals surface area contributed by atoms with E-state index >= 15 is 0 Å². The Bertz CT molecular complexity index is 429. The van der Waals surface area contributed by atoms with Crippen LogP contribution < -0.4 is 0 Å². The highest BCUT2D eigenvalue weighted by molar-refractivity contribution is 6.01. The SMILES string of the molecule is C=C=CCC(C(=O)OC)(C(=O)OC)C1CCCC(=O)C1. The highest BCUT2D eigenvalue weighted by Crippen LogP contribution is 2.42. The lowest BCUT2D eigenvalue weighted by molar-refractivity contribution is -0.174. The molecule has 1 rings (SSSR count). The van der Waals surface area contributed by atoms with Crippen molar-refractivity contribution in [3.05, 3.63) is 18.4 Å². The summed E-state index contributed by atoms with van der Waals surface area (Å²) in [5, 5.41) is 0. The monoisotopic (exact) mass is 280 g/mol. The molecule has 0 aliphatic heterocycles. The van der Waals surface area contributed by atoms with Gasteiger partial charge in [-0.05, 0) is 31.3 Å². The van der Waals surface area contributed by atoms with E-state index in [4.69, 9.17) is 9.47 Å². The van der Waals surface area contributed by atoms with Gasteiger partial charge in [-0.3, -0.25) is 14.4 Å². The minimum absolute atomic E-state index is 0.0565. The van der Waals surface area contributed by atoms with Crippen LogP contribution in [0.15, 0.2) is 18.4 Å². The van der Waals surface area contributed by atoms with Gasteiger partial charge in [0, 0.05) is 12.8 Å². The summed E-state index contributed by atoms with van der Waals surface area (Å²) in [5.41, 5.74) is 1.07. The molecule has 1 aliphatic rings. The van der Waals surface area contributed by atoms with Gasteiger partial charge in [0.15, 0.2) is 5.41 Å². The van der Waals surface area contributed by atoms with E-state index in [1.165, 1.54) is 20.3 Å². The molecular weight excluding hydrogens is 260 g/mol. The number of rotatable bonds is 5. The fraction of sp³-hybridized carbons (Fsp3) is 0.600. The van der Waals surface area contributed by atoms with Crippen molar-refractivity contribution in [1.29, 1.82) is 0 Å². The Morgan fingerprint density at radius 2 is 2.00 bits per heavy atom. The number of allylic oxidation sites excluding steroid dienone is 1. The molecule has 1 atom stereocenters. The van der Waals surface area contributed by atoms with Crippen molar-refractivity contribution in [1.82, 2.24) is 0 Å². The fourth-order valence-electron chi connectivity index (χ4n) is 2.79. The number of ketones is 1. The van der Waals surface area contributed by atoms with Crippen molar-refractivity contribution in [3.8, 4) is 0 Å². The summed E-state index contributed by atoms with van der Waals surface area (Å²) in [6, 6.07) is 0. The molecule has 0 aromatic heterocycles. The van der Waals surface area contributed by atoms with E-state index in [0.717, 1.165) is 0 Å². The van der Waals surface area contributed by atoms with E-state index in [1.807, 2.05) is 0 Å². The molecule has 0 heterocycles. The Balaban J connectivity index is 3.26. The molecule has 110 valence electrons. The molecule has 1 saturated carbocycles. The summed E-state index contributed by atoms with van der Waals surface area (Å²) in [6.07, 6.45) is 3.54. The van der Waals surface area contributed by atoms with Crippen LogP contribution in [0.5, 0.6) is 0 Å². The third-order valence-electron chi connectivity index (χ3n) is 3.85. The summed E-state index contributed by atoms with van der Waals surface area (Å²) >= 11 is 0. The Labute approximate surface area is 118 Å². The standard InChI is InChI=1S/C15H20O5/c1-4-5-9-15(13(17)19-2,14(18)20-3)11-7-6-8-12(16)10-11/h5,11H,1,6-10H2,2-3H3. The van der Waals surface area contributed by atoms with Gasteiger partial charge >= 0.3 is 11.9 Å². The first-order chi connectivity index (χ1) is 9.52. The minimum atomic E-state index is -1.48. The Morgan fingerprint density at radius 1 is 1.40 bits per heavy atom. The molecule has 1 unspecified atom stereocenters. The third kappa shape index (κ3) is 2.99. The number of hydrogen-bond donors (Lipinski definition) is 0. The van der Waals surface area contributed by atoms with Crippen LogP contribution in [0.4, 0.5) is 0 Å². The maximum Gasteiger partial charge on any atom is 0.323 e. The van der Waals surface area contributed by atoms with E-state index in [-0.39, 0.29) is 18.6 Å². The maximum absolute atomic E-state index is 12.2. The average molecular weight is 280 g/mol. The van der Waals surface area contributed by atoms with Gasteiger partial charge in [-0.1, -0.05) is 6.58 Å². The molecule has 0 N–H and O–H groups in total. The number of methoxy groups -OCH3 is 2. The molecule has 1 fully saturated rings. The predicted octanol–water partition coefficient (Wildman–Crippen LogP) is 1.81. The van der Waals surface area contributed by atoms with Gasteiger partial charge in [0.1, 0.15) is 5.78 Å². The zero-order valence-electron chi connectivity index (χ0n) is 11.9. The molecular formula is C15H20O5. The van der Waals surface area contributed by atoms with Gasteiger partial charge in [-0.25, -0.2) is 0 Å². The number of esters is 2. The van der Waals surface area contributed by atoms with Crippen LogP contribution in [0, 0.1) is 11.3 Å². The number of Topliss-reactive ketones (excluding diaryl/α,β-unsaturated/α-hetero) is 1. The predicted molar refractivity (Wildman–Crippen MR) is 71.8 cm³/mol. The van der Waals surface area contributed by atoms with Crippen molar-refractivity contribution in [2.24, 2.45) is 11.3 Å². The van der Waals surface area contributed by atoms with E-state index in [9.17, 15) is 14.4 Å². The number of carbonyl (C=O) groups excluding carboxylic acids is 3. The lowest BCUT2D eigenvalue weighted by atomic mass is 9.66. The van der Waals surface area contributed by atoms with E-state index in [2.05, 4.69) is 12.3 Å². The zero-order chi connectivity index (χ0) is 15.2. The van der Waals surface area contributed by atoms with Crippen LogP contribution in [0.2, 0.25) is 0 Å². The van der Waals surface area contributed by atoms with Crippen molar-refractivity contribution >= 4 is 17.7 Å². The lowest BCUT2D eigenvalue weighted by Crippen LogP contribution is -2.48.